The number of carbonyl (C=O) groups excluding carboxylic acids is 1. The molecule has 0 heterocycles. The minimum atomic E-state index is 0.601. The average Bonchev–Trinajstić information content (AvgIpc) is 2.40. The van der Waals surface area contributed by atoms with E-state index in [1.54, 1.807) is 0 Å². The molecule has 1 aromatic rings. The van der Waals surface area contributed by atoms with Crippen LogP contribution in [0.15, 0.2) is 18.2 Å². The normalized spacial score (nSPS) is 16.8. The van der Waals surface area contributed by atoms with Crippen LogP contribution in [0.4, 0.5) is 0 Å². The first-order chi connectivity index (χ1) is 8.35. The highest BCUT2D eigenvalue weighted by atomic mass is 16.5. The van der Waals surface area contributed by atoms with Crippen LogP contribution in [0.2, 0.25) is 0 Å². The van der Waals surface area contributed by atoms with Crippen LogP contribution in [0, 0.1) is 0 Å². The molecule has 1 aliphatic rings. The molecule has 2 rings (SSSR count). The first-order valence-electron chi connectivity index (χ1n) is 6.57. The van der Waals surface area contributed by atoms with Gasteiger partial charge in [0, 0.05) is 0 Å². The fraction of sp³-hybridized carbons (Fsp3) is 0.533. The van der Waals surface area contributed by atoms with Crippen LogP contribution < -0.4 is 4.74 Å². The Hall–Kier alpha value is -1.31. The number of carbonyl (C=O) groups is 1. The maximum atomic E-state index is 11.1. The lowest BCUT2D eigenvalue weighted by Gasteiger charge is -2.22. The summed E-state index contributed by atoms with van der Waals surface area (Å²) in [7, 11) is 0. The van der Waals surface area contributed by atoms with Crippen molar-refractivity contribution in [3.8, 4) is 5.75 Å². The lowest BCUT2D eigenvalue weighted by atomic mass is 9.83. The van der Waals surface area contributed by atoms with Crippen molar-refractivity contribution >= 4 is 6.29 Å². The van der Waals surface area contributed by atoms with Crippen LogP contribution in [0.3, 0.4) is 0 Å². The zero-order valence-corrected chi connectivity index (χ0v) is 10.4. The van der Waals surface area contributed by atoms with Gasteiger partial charge in [-0.3, -0.25) is 4.79 Å². The van der Waals surface area contributed by atoms with Gasteiger partial charge in [0.15, 0.2) is 6.29 Å². The van der Waals surface area contributed by atoms with Crippen molar-refractivity contribution in [1.82, 2.24) is 0 Å². The molecule has 1 aromatic carbocycles. The largest absolute Gasteiger partial charge is 0.493 e. The van der Waals surface area contributed by atoms with Gasteiger partial charge in [-0.05, 0) is 43.4 Å². The zero-order valence-electron chi connectivity index (χ0n) is 10.4. The van der Waals surface area contributed by atoms with Crippen molar-refractivity contribution in [2.75, 3.05) is 6.61 Å². The second-order valence-electron chi connectivity index (χ2n) is 4.68. The van der Waals surface area contributed by atoms with Gasteiger partial charge in [0.2, 0.25) is 0 Å². The Bertz CT molecular complexity index is 379. The van der Waals surface area contributed by atoms with Crippen LogP contribution in [0.25, 0.3) is 0 Å². The summed E-state index contributed by atoms with van der Waals surface area (Å²) in [6.45, 7) is 2.53. The molecule has 1 aliphatic carbocycles. The predicted octanol–water partition coefficient (Wildman–Crippen LogP) is 3.95. The van der Waals surface area contributed by atoms with E-state index in [2.05, 4.69) is 6.07 Å². The summed E-state index contributed by atoms with van der Waals surface area (Å²) < 4.78 is 5.44. The summed E-state index contributed by atoms with van der Waals surface area (Å²) in [4.78, 5) is 11.1. The van der Waals surface area contributed by atoms with Gasteiger partial charge in [-0.2, -0.15) is 0 Å². The average molecular weight is 232 g/mol. The van der Waals surface area contributed by atoms with Gasteiger partial charge in [0.05, 0.1) is 12.2 Å². The van der Waals surface area contributed by atoms with E-state index in [1.165, 1.54) is 37.7 Å². The van der Waals surface area contributed by atoms with E-state index in [0.29, 0.717) is 23.8 Å². The third kappa shape index (κ3) is 2.87. The Labute approximate surface area is 103 Å². The number of aldehydes is 1. The highest BCUT2D eigenvalue weighted by Gasteiger charge is 2.16. The van der Waals surface area contributed by atoms with E-state index in [1.807, 2.05) is 19.1 Å². The van der Waals surface area contributed by atoms with Crippen molar-refractivity contribution in [3.05, 3.63) is 29.3 Å². The first-order valence-corrected chi connectivity index (χ1v) is 6.57. The maximum absolute atomic E-state index is 11.1. The maximum Gasteiger partial charge on any atom is 0.153 e. The van der Waals surface area contributed by atoms with E-state index in [4.69, 9.17) is 4.74 Å². The second kappa shape index (κ2) is 5.85. The third-order valence-electron chi connectivity index (χ3n) is 3.54. The molecule has 0 aliphatic heterocycles. The minimum absolute atomic E-state index is 0.601. The summed E-state index contributed by atoms with van der Waals surface area (Å²) in [5, 5.41) is 0. The highest BCUT2D eigenvalue weighted by molar-refractivity contribution is 5.79. The molecule has 1 fully saturated rings. The van der Waals surface area contributed by atoms with E-state index in [0.717, 1.165) is 6.29 Å². The SMILES string of the molecule is CCOc1ccc(C2CCCCC2)cc1C=O. The van der Waals surface area contributed by atoms with Crippen LogP contribution in [-0.4, -0.2) is 12.9 Å². The number of ether oxygens (including phenoxy) is 1. The molecule has 0 aromatic heterocycles. The number of rotatable bonds is 4. The van der Waals surface area contributed by atoms with Gasteiger partial charge >= 0.3 is 0 Å². The van der Waals surface area contributed by atoms with Crippen molar-refractivity contribution in [2.24, 2.45) is 0 Å². The molecule has 2 nitrogen and oxygen atoms in total. The molecular weight excluding hydrogens is 212 g/mol. The quantitative estimate of drug-likeness (QED) is 0.735. The summed E-state index contributed by atoms with van der Waals surface area (Å²) in [6, 6.07) is 6.07. The second-order valence-corrected chi connectivity index (χ2v) is 4.68. The molecular formula is C15H20O2. The number of hydrogen-bond donors (Lipinski definition) is 0. The van der Waals surface area contributed by atoms with Crippen LogP contribution in [0.1, 0.15) is 60.9 Å². The smallest absolute Gasteiger partial charge is 0.153 e. The topological polar surface area (TPSA) is 26.3 Å². The molecule has 0 amide bonds. The van der Waals surface area contributed by atoms with E-state index >= 15 is 0 Å². The number of benzene rings is 1. The molecule has 0 bridgehead atoms. The lowest BCUT2D eigenvalue weighted by Crippen LogP contribution is -2.05. The van der Waals surface area contributed by atoms with Crippen molar-refractivity contribution in [1.29, 1.82) is 0 Å². The summed E-state index contributed by atoms with van der Waals surface area (Å²) in [6.07, 6.45) is 7.40. The Balaban J connectivity index is 2.20. The third-order valence-corrected chi connectivity index (χ3v) is 3.54. The molecule has 2 heteroatoms. The zero-order chi connectivity index (χ0) is 12.1. The molecule has 17 heavy (non-hydrogen) atoms. The molecule has 0 spiro atoms. The van der Waals surface area contributed by atoms with Crippen LogP contribution >= 0.6 is 0 Å². The van der Waals surface area contributed by atoms with Crippen LogP contribution in [0.5, 0.6) is 5.75 Å². The minimum Gasteiger partial charge on any atom is -0.493 e. The van der Waals surface area contributed by atoms with Crippen molar-refractivity contribution < 1.29 is 9.53 Å². The van der Waals surface area contributed by atoms with Gasteiger partial charge in [-0.1, -0.05) is 25.3 Å². The fourth-order valence-corrected chi connectivity index (χ4v) is 2.64. The molecule has 0 N–H and O–H groups in total. The van der Waals surface area contributed by atoms with E-state index < -0.39 is 0 Å². The van der Waals surface area contributed by atoms with Gasteiger partial charge in [-0.15, -0.1) is 0 Å². The molecule has 0 radical (unpaired) electrons. The van der Waals surface area contributed by atoms with Crippen LogP contribution in [-0.2, 0) is 0 Å². The summed E-state index contributed by atoms with van der Waals surface area (Å²) in [5.74, 6) is 1.35. The lowest BCUT2D eigenvalue weighted by molar-refractivity contribution is 0.111. The molecule has 0 atom stereocenters. The van der Waals surface area contributed by atoms with E-state index in [-0.39, 0.29) is 0 Å². The first kappa shape index (κ1) is 12.2. The monoisotopic (exact) mass is 232 g/mol. The highest BCUT2D eigenvalue weighted by Crippen LogP contribution is 2.34. The Kier molecular flexibility index (Phi) is 4.18. The van der Waals surface area contributed by atoms with Crippen molar-refractivity contribution in [2.45, 2.75) is 44.9 Å². The Morgan fingerprint density at radius 3 is 2.71 bits per heavy atom. The molecule has 0 unspecified atom stereocenters. The van der Waals surface area contributed by atoms with Gasteiger partial charge in [-0.25, -0.2) is 0 Å². The number of hydrogen-bond acceptors (Lipinski definition) is 2. The molecule has 1 saturated carbocycles. The summed E-state index contributed by atoms with van der Waals surface area (Å²) in [5.41, 5.74) is 1.99. The van der Waals surface area contributed by atoms with Gasteiger partial charge < -0.3 is 4.74 Å². The van der Waals surface area contributed by atoms with Gasteiger partial charge in [0.25, 0.3) is 0 Å². The molecule has 92 valence electrons. The Morgan fingerprint density at radius 2 is 2.06 bits per heavy atom. The fourth-order valence-electron chi connectivity index (χ4n) is 2.64. The predicted molar refractivity (Wildman–Crippen MR) is 68.8 cm³/mol. The molecule has 0 saturated heterocycles. The van der Waals surface area contributed by atoms with Crippen molar-refractivity contribution in [3.63, 3.8) is 0 Å². The van der Waals surface area contributed by atoms with Gasteiger partial charge in [0.1, 0.15) is 5.75 Å². The Morgan fingerprint density at radius 1 is 1.29 bits per heavy atom. The summed E-state index contributed by atoms with van der Waals surface area (Å²) >= 11 is 0. The standard InChI is InChI=1S/C15H20O2/c1-2-17-15-9-8-13(10-14(15)11-16)12-6-4-3-5-7-12/h8-12H,2-7H2,1H3. The van der Waals surface area contributed by atoms with E-state index in [9.17, 15) is 4.79 Å².